The monoisotopic (exact) mass is 379 g/mol. The van der Waals surface area contributed by atoms with E-state index in [4.69, 9.17) is 19.9 Å². The van der Waals surface area contributed by atoms with Crippen molar-refractivity contribution in [1.29, 1.82) is 0 Å². The molecular weight excluding hydrogens is 346 g/mol. The summed E-state index contributed by atoms with van der Waals surface area (Å²) >= 11 is 0. The quantitative estimate of drug-likeness (QED) is 0.559. The van der Waals surface area contributed by atoms with E-state index in [2.05, 4.69) is 10.2 Å². The number of nitrogen functional groups attached to an aromatic ring is 1. The van der Waals surface area contributed by atoms with Crippen molar-refractivity contribution in [2.75, 3.05) is 39.1 Å². The summed E-state index contributed by atoms with van der Waals surface area (Å²) in [6.45, 7) is 9.13. The van der Waals surface area contributed by atoms with Crippen LogP contribution in [0.2, 0.25) is 0 Å². The summed E-state index contributed by atoms with van der Waals surface area (Å²) in [4.78, 5) is 14.2. The van der Waals surface area contributed by atoms with Crippen molar-refractivity contribution in [2.45, 2.75) is 51.7 Å². The summed E-state index contributed by atoms with van der Waals surface area (Å²) in [6.07, 6.45) is 2.47. The second-order valence-electron chi connectivity index (χ2n) is 7.87. The number of rotatable bonds is 7. The van der Waals surface area contributed by atoms with Crippen molar-refractivity contribution in [3.05, 3.63) is 18.2 Å². The van der Waals surface area contributed by atoms with Crippen molar-refractivity contribution < 1.29 is 19.0 Å². The minimum absolute atomic E-state index is 0.186. The number of likely N-dealkylation sites (tertiary alicyclic amines) is 1. The van der Waals surface area contributed by atoms with Gasteiger partial charge in [0.05, 0.1) is 13.7 Å². The number of ether oxygens (including phenoxy) is 3. The molecule has 0 unspecified atom stereocenters. The minimum atomic E-state index is -0.460. The van der Waals surface area contributed by atoms with Gasteiger partial charge in [0, 0.05) is 37.4 Å². The molecule has 0 spiro atoms. The van der Waals surface area contributed by atoms with Gasteiger partial charge in [-0.3, -0.25) is 0 Å². The van der Waals surface area contributed by atoms with Gasteiger partial charge in [-0.15, -0.1) is 0 Å². The summed E-state index contributed by atoms with van der Waals surface area (Å²) in [5.41, 5.74) is 5.94. The Balaban J connectivity index is 1.63. The Bertz CT molecular complexity index is 608. The van der Waals surface area contributed by atoms with Crippen molar-refractivity contribution in [3.8, 4) is 11.5 Å². The molecule has 3 N–H and O–H groups in total. The first kappa shape index (κ1) is 21.2. The number of hydrogen-bond acceptors (Lipinski definition) is 6. The van der Waals surface area contributed by atoms with E-state index in [-0.39, 0.29) is 12.1 Å². The van der Waals surface area contributed by atoms with Gasteiger partial charge >= 0.3 is 6.09 Å². The van der Waals surface area contributed by atoms with Crippen LogP contribution in [-0.2, 0) is 4.74 Å². The van der Waals surface area contributed by atoms with Gasteiger partial charge in [-0.05, 0) is 52.2 Å². The maximum Gasteiger partial charge on any atom is 0.407 e. The molecular formula is C20H33N3O4. The fourth-order valence-corrected chi connectivity index (χ4v) is 3.05. The number of hydrogen-bond donors (Lipinski definition) is 2. The first-order chi connectivity index (χ1) is 12.8. The summed E-state index contributed by atoms with van der Waals surface area (Å²) in [5.74, 6) is 1.37. The second kappa shape index (κ2) is 9.69. The molecule has 1 aliphatic rings. The van der Waals surface area contributed by atoms with Crippen molar-refractivity contribution in [2.24, 2.45) is 0 Å². The van der Waals surface area contributed by atoms with Crippen molar-refractivity contribution in [3.63, 3.8) is 0 Å². The molecule has 2 rings (SSSR count). The van der Waals surface area contributed by atoms with Crippen LogP contribution in [0.4, 0.5) is 10.5 Å². The van der Waals surface area contributed by atoms with Crippen LogP contribution in [0.5, 0.6) is 11.5 Å². The number of anilines is 1. The van der Waals surface area contributed by atoms with Crippen molar-refractivity contribution >= 4 is 11.8 Å². The van der Waals surface area contributed by atoms with E-state index in [9.17, 15) is 4.79 Å². The second-order valence-corrected chi connectivity index (χ2v) is 7.87. The number of nitrogens with one attached hydrogen (secondary N) is 1. The van der Waals surface area contributed by atoms with E-state index in [1.54, 1.807) is 19.2 Å². The maximum atomic E-state index is 11.8. The van der Waals surface area contributed by atoms with Gasteiger partial charge in [-0.2, -0.15) is 0 Å². The molecule has 0 bridgehead atoms. The Morgan fingerprint density at radius 2 is 1.96 bits per heavy atom. The van der Waals surface area contributed by atoms with Gasteiger partial charge in [0.25, 0.3) is 0 Å². The van der Waals surface area contributed by atoms with Gasteiger partial charge in [-0.1, -0.05) is 0 Å². The summed E-state index contributed by atoms with van der Waals surface area (Å²) in [6, 6.07) is 5.59. The number of nitrogens with zero attached hydrogens (tertiary/aromatic N) is 1. The lowest BCUT2D eigenvalue weighted by atomic mass is 10.1. The molecule has 0 aromatic heterocycles. The molecule has 0 radical (unpaired) electrons. The predicted octanol–water partition coefficient (Wildman–Crippen LogP) is 3.04. The first-order valence-electron chi connectivity index (χ1n) is 9.55. The Labute approximate surface area is 162 Å². The smallest absolute Gasteiger partial charge is 0.407 e. The molecule has 27 heavy (non-hydrogen) atoms. The molecule has 1 aromatic rings. The van der Waals surface area contributed by atoms with Gasteiger partial charge < -0.3 is 30.2 Å². The third kappa shape index (κ3) is 7.54. The molecule has 1 aliphatic heterocycles. The standard InChI is InChI=1S/C20H33N3O4/c1-20(2,3)27-19(24)22-16-8-11-23(12-9-16)10-5-13-26-17-7-6-15(21)14-18(17)25-4/h6-7,14,16H,5,8-13,21H2,1-4H3,(H,22,24). The highest BCUT2D eigenvalue weighted by atomic mass is 16.6. The van der Waals surface area contributed by atoms with Crippen LogP contribution in [-0.4, -0.2) is 56.0 Å². The highest BCUT2D eigenvalue weighted by Crippen LogP contribution is 2.29. The van der Waals surface area contributed by atoms with Gasteiger partial charge in [0.15, 0.2) is 11.5 Å². The van der Waals surface area contributed by atoms with Gasteiger partial charge in [0.1, 0.15) is 5.60 Å². The molecule has 7 nitrogen and oxygen atoms in total. The Kier molecular flexibility index (Phi) is 7.59. The van der Waals surface area contributed by atoms with Crippen LogP contribution in [0.3, 0.4) is 0 Å². The summed E-state index contributed by atoms with van der Waals surface area (Å²) in [7, 11) is 1.61. The van der Waals surface area contributed by atoms with Crippen LogP contribution in [0.15, 0.2) is 18.2 Å². The zero-order valence-electron chi connectivity index (χ0n) is 16.9. The molecule has 1 fully saturated rings. The number of amides is 1. The lowest BCUT2D eigenvalue weighted by Gasteiger charge is -2.32. The molecule has 1 saturated heterocycles. The molecule has 1 heterocycles. The number of alkyl carbamates (subject to hydrolysis) is 1. The third-order valence-electron chi connectivity index (χ3n) is 4.37. The van der Waals surface area contributed by atoms with E-state index in [1.807, 2.05) is 26.8 Å². The number of methoxy groups -OCH3 is 1. The predicted molar refractivity (Wildman–Crippen MR) is 106 cm³/mol. The fourth-order valence-electron chi connectivity index (χ4n) is 3.05. The zero-order chi connectivity index (χ0) is 19.9. The molecule has 152 valence electrons. The number of benzene rings is 1. The average Bonchev–Trinajstić information content (AvgIpc) is 2.59. The molecule has 7 heteroatoms. The number of carbonyl (C=O) groups is 1. The van der Waals surface area contributed by atoms with Gasteiger partial charge in [-0.25, -0.2) is 4.79 Å². The molecule has 0 aliphatic carbocycles. The summed E-state index contributed by atoms with van der Waals surface area (Å²) < 4.78 is 16.4. The zero-order valence-corrected chi connectivity index (χ0v) is 16.9. The van der Waals surface area contributed by atoms with E-state index >= 15 is 0 Å². The van der Waals surface area contributed by atoms with Gasteiger partial charge in [0.2, 0.25) is 0 Å². The Hall–Kier alpha value is -2.15. The maximum absolute atomic E-state index is 11.8. The Morgan fingerprint density at radius 1 is 1.26 bits per heavy atom. The molecule has 1 aromatic carbocycles. The third-order valence-corrected chi connectivity index (χ3v) is 4.37. The lowest BCUT2D eigenvalue weighted by molar-refractivity contribution is 0.0478. The number of piperidine rings is 1. The van der Waals surface area contributed by atoms with Crippen LogP contribution in [0.1, 0.15) is 40.0 Å². The van der Waals surface area contributed by atoms with E-state index in [1.165, 1.54) is 0 Å². The highest BCUT2D eigenvalue weighted by molar-refractivity contribution is 5.68. The lowest BCUT2D eigenvalue weighted by Crippen LogP contribution is -2.46. The number of nitrogens with two attached hydrogens (primary N) is 1. The van der Waals surface area contributed by atoms with Crippen molar-refractivity contribution in [1.82, 2.24) is 10.2 Å². The average molecular weight is 380 g/mol. The molecule has 0 saturated carbocycles. The van der Waals surface area contributed by atoms with E-state index in [0.717, 1.165) is 38.9 Å². The van der Waals surface area contributed by atoms with Crippen LogP contribution >= 0.6 is 0 Å². The normalized spacial score (nSPS) is 16.0. The summed E-state index contributed by atoms with van der Waals surface area (Å²) in [5, 5.41) is 2.97. The topological polar surface area (TPSA) is 86.1 Å². The fraction of sp³-hybridized carbons (Fsp3) is 0.650. The number of carbonyl (C=O) groups excluding carboxylic acids is 1. The Morgan fingerprint density at radius 3 is 2.59 bits per heavy atom. The molecule has 1 amide bonds. The molecule has 0 atom stereocenters. The van der Waals surface area contributed by atoms with Crippen LogP contribution < -0.4 is 20.5 Å². The SMILES string of the molecule is COc1cc(N)ccc1OCCCN1CCC(NC(=O)OC(C)(C)C)CC1. The minimum Gasteiger partial charge on any atom is -0.493 e. The largest absolute Gasteiger partial charge is 0.493 e. The highest BCUT2D eigenvalue weighted by Gasteiger charge is 2.23. The van der Waals surface area contributed by atoms with Crippen LogP contribution in [0.25, 0.3) is 0 Å². The first-order valence-corrected chi connectivity index (χ1v) is 9.55. The van der Waals surface area contributed by atoms with E-state index in [0.29, 0.717) is 23.8 Å². The van der Waals surface area contributed by atoms with Crippen LogP contribution in [0, 0.1) is 0 Å². The van der Waals surface area contributed by atoms with E-state index < -0.39 is 5.60 Å².